The van der Waals surface area contributed by atoms with Gasteiger partial charge in [0.25, 0.3) is 0 Å². The smallest absolute Gasteiger partial charge is 0.344 e. The van der Waals surface area contributed by atoms with Crippen LogP contribution in [0.25, 0.3) is 11.1 Å². The number of rotatable bonds is 7. The first-order chi connectivity index (χ1) is 13.1. The number of Topliss-reactive ketones (excluding diaryl/α,β-unsaturated/α-hetero) is 1. The number of hydrogen-bond donors (Lipinski definition) is 1. The quantitative estimate of drug-likeness (QED) is 0.510. The number of hydrogen-bond acceptors (Lipinski definition) is 5. The summed E-state index contributed by atoms with van der Waals surface area (Å²) in [5, 5.41) is 9.56. The zero-order chi connectivity index (χ0) is 19.1. The van der Waals surface area contributed by atoms with Gasteiger partial charge in [0.05, 0.1) is 0 Å². The molecule has 0 aliphatic rings. The fraction of sp³-hybridized carbons (Fsp3) is 0.0909. The number of ether oxygens (including phenoxy) is 2. The van der Waals surface area contributed by atoms with Crippen LogP contribution in [0.4, 0.5) is 0 Å². The van der Waals surface area contributed by atoms with Gasteiger partial charge in [-0.25, -0.2) is 4.79 Å². The summed E-state index contributed by atoms with van der Waals surface area (Å²) >= 11 is 0. The first-order valence-corrected chi connectivity index (χ1v) is 8.38. The zero-order valence-corrected chi connectivity index (χ0v) is 14.5. The van der Waals surface area contributed by atoms with E-state index in [0.29, 0.717) is 5.56 Å². The van der Waals surface area contributed by atoms with Gasteiger partial charge < -0.3 is 14.6 Å². The first kappa shape index (κ1) is 18.2. The molecule has 0 bridgehead atoms. The topological polar surface area (TPSA) is 72.8 Å². The molecule has 0 radical (unpaired) electrons. The summed E-state index contributed by atoms with van der Waals surface area (Å²) in [5.74, 6) is -0.879. The van der Waals surface area contributed by atoms with Crippen LogP contribution in [-0.4, -0.2) is 30.1 Å². The van der Waals surface area contributed by atoms with Crippen molar-refractivity contribution in [1.82, 2.24) is 0 Å². The number of para-hydroxylation sites is 2. The van der Waals surface area contributed by atoms with E-state index in [2.05, 4.69) is 0 Å². The number of carbonyl (C=O) groups is 2. The van der Waals surface area contributed by atoms with E-state index in [1.54, 1.807) is 24.3 Å². The van der Waals surface area contributed by atoms with Crippen molar-refractivity contribution in [3.05, 3.63) is 84.4 Å². The SMILES string of the molecule is O=C(COc1ccccc1O)OCC(=O)c1ccc(-c2ccccc2)cc1. The molecule has 0 spiro atoms. The molecule has 3 aromatic carbocycles. The molecular weight excluding hydrogens is 344 g/mol. The molecule has 3 aromatic rings. The molecule has 0 saturated heterocycles. The summed E-state index contributed by atoms with van der Waals surface area (Å²) < 4.78 is 10.1. The molecule has 0 aromatic heterocycles. The van der Waals surface area contributed by atoms with Gasteiger partial charge in [0.2, 0.25) is 0 Å². The molecule has 5 nitrogen and oxygen atoms in total. The third-order valence-corrected chi connectivity index (χ3v) is 3.89. The monoisotopic (exact) mass is 362 g/mol. The summed E-state index contributed by atoms with van der Waals surface area (Å²) in [7, 11) is 0. The van der Waals surface area contributed by atoms with Crippen LogP contribution in [0.5, 0.6) is 11.5 Å². The fourth-order valence-corrected chi connectivity index (χ4v) is 2.47. The number of phenolic OH excluding ortho intramolecular Hbond substituents is 1. The molecular formula is C22H18O5. The van der Waals surface area contributed by atoms with E-state index in [1.807, 2.05) is 42.5 Å². The Morgan fingerprint density at radius 1 is 0.741 bits per heavy atom. The Kier molecular flexibility index (Phi) is 5.84. The summed E-state index contributed by atoms with van der Waals surface area (Å²) in [5.41, 5.74) is 2.52. The summed E-state index contributed by atoms with van der Waals surface area (Å²) in [6.07, 6.45) is 0. The maximum atomic E-state index is 12.2. The van der Waals surface area contributed by atoms with E-state index >= 15 is 0 Å². The van der Waals surface area contributed by atoms with Gasteiger partial charge in [-0.2, -0.15) is 0 Å². The average Bonchev–Trinajstić information content (AvgIpc) is 2.72. The molecule has 136 valence electrons. The van der Waals surface area contributed by atoms with E-state index in [1.165, 1.54) is 12.1 Å². The van der Waals surface area contributed by atoms with Gasteiger partial charge in [-0.3, -0.25) is 4.79 Å². The Balaban J connectivity index is 1.50. The molecule has 0 aliphatic heterocycles. The minimum atomic E-state index is -0.687. The Labute approximate surface area is 156 Å². The number of phenols is 1. The lowest BCUT2D eigenvalue weighted by molar-refractivity contribution is -0.144. The van der Waals surface area contributed by atoms with Gasteiger partial charge in [-0.05, 0) is 23.3 Å². The van der Waals surface area contributed by atoms with Crippen LogP contribution >= 0.6 is 0 Å². The molecule has 1 N–H and O–H groups in total. The average molecular weight is 362 g/mol. The second kappa shape index (κ2) is 8.67. The van der Waals surface area contributed by atoms with Crippen LogP contribution in [0, 0.1) is 0 Å². The summed E-state index contributed by atoms with van der Waals surface area (Å²) in [6.45, 7) is -0.758. The van der Waals surface area contributed by atoms with Crippen LogP contribution in [0.2, 0.25) is 0 Å². The molecule has 0 saturated carbocycles. The minimum absolute atomic E-state index is 0.0696. The maximum absolute atomic E-state index is 12.2. The Hall–Kier alpha value is -3.60. The highest BCUT2D eigenvalue weighted by atomic mass is 16.6. The number of aromatic hydroxyl groups is 1. The lowest BCUT2D eigenvalue weighted by Crippen LogP contribution is -2.19. The molecule has 0 heterocycles. The molecule has 0 fully saturated rings. The van der Waals surface area contributed by atoms with Crippen molar-refractivity contribution >= 4 is 11.8 Å². The number of carbonyl (C=O) groups excluding carboxylic acids is 2. The van der Waals surface area contributed by atoms with Gasteiger partial charge in [-0.1, -0.05) is 66.7 Å². The van der Waals surface area contributed by atoms with Crippen molar-refractivity contribution in [2.24, 2.45) is 0 Å². The Morgan fingerprint density at radius 3 is 2.07 bits per heavy atom. The van der Waals surface area contributed by atoms with Crippen molar-refractivity contribution in [2.75, 3.05) is 13.2 Å². The zero-order valence-electron chi connectivity index (χ0n) is 14.5. The molecule has 0 aliphatic carbocycles. The third-order valence-electron chi connectivity index (χ3n) is 3.89. The summed E-state index contributed by atoms with van der Waals surface area (Å²) in [4.78, 5) is 23.9. The van der Waals surface area contributed by atoms with Gasteiger partial charge in [-0.15, -0.1) is 0 Å². The van der Waals surface area contributed by atoms with Crippen molar-refractivity contribution in [3.63, 3.8) is 0 Å². The van der Waals surface area contributed by atoms with Crippen LogP contribution < -0.4 is 4.74 Å². The van der Waals surface area contributed by atoms with E-state index in [-0.39, 0.29) is 23.9 Å². The Morgan fingerprint density at radius 2 is 1.37 bits per heavy atom. The van der Waals surface area contributed by atoms with Crippen LogP contribution in [-0.2, 0) is 9.53 Å². The van der Waals surface area contributed by atoms with Gasteiger partial charge in [0, 0.05) is 5.56 Å². The van der Waals surface area contributed by atoms with Crippen molar-refractivity contribution in [1.29, 1.82) is 0 Å². The van der Waals surface area contributed by atoms with Crippen molar-refractivity contribution < 1.29 is 24.2 Å². The Bertz CT molecular complexity index is 917. The molecule has 0 amide bonds. The van der Waals surface area contributed by atoms with E-state index in [4.69, 9.17) is 9.47 Å². The van der Waals surface area contributed by atoms with Gasteiger partial charge in [0.15, 0.2) is 30.5 Å². The lowest BCUT2D eigenvalue weighted by Gasteiger charge is -2.08. The van der Waals surface area contributed by atoms with Gasteiger partial charge >= 0.3 is 5.97 Å². The maximum Gasteiger partial charge on any atom is 0.344 e. The van der Waals surface area contributed by atoms with E-state index in [0.717, 1.165) is 11.1 Å². The highest BCUT2D eigenvalue weighted by Gasteiger charge is 2.12. The minimum Gasteiger partial charge on any atom is -0.504 e. The van der Waals surface area contributed by atoms with Crippen LogP contribution in [0.15, 0.2) is 78.9 Å². The van der Waals surface area contributed by atoms with Gasteiger partial charge in [0.1, 0.15) is 0 Å². The number of esters is 1. The highest BCUT2D eigenvalue weighted by molar-refractivity contribution is 5.98. The van der Waals surface area contributed by atoms with Crippen LogP contribution in [0.3, 0.4) is 0 Å². The van der Waals surface area contributed by atoms with Crippen LogP contribution in [0.1, 0.15) is 10.4 Å². The van der Waals surface area contributed by atoms with E-state index in [9.17, 15) is 14.7 Å². The van der Waals surface area contributed by atoms with Crippen molar-refractivity contribution in [2.45, 2.75) is 0 Å². The molecule has 3 rings (SSSR count). The summed E-state index contributed by atoms with van der Waals surface area (Å²) in [6, 6.07) is 23.2. The first-order valence-electron chi connectivity index (χ1n) is 8.38. The molecule has 0 atom stereocenters. The predicted molar refractivity (Wildman–Crippen MR) is 101 cm³/mol. The number of benzene rings is 3. The lowest BCUT2D eigenvalue weighted by atomic mass is 10.0. The predicted octanol–water partition coefficient (Wildman–Crippen LogP) is 3.86. The van der Waals surface area contributed by atoms with E-state index < -0.39 is 12.6 Å². The normalized spacial score (nSPS) is 10.2. The molecule has 5 heteroatoms. The third kappa shape index (κ3) is 4.95. The fourth-order valence-electron chi connectivity index (χ4n) is 2.47. The second-order valence-electron chi connectivity index (χ2n) is 5.78. The molecule has 0 unspecified atom stereocenters. The standard InChI is InChI=1S/C22H18O5/c23-19-8-4-5-9-21(19)26-15-22(25)27-14-20(24)18-12-10-17(11-13-18)16-6-2-1-3-7-16/h1-13,23H,14-15H2. The largest absolute Gasteiger partial charge is 0.504 e. The second-order valence-corrected chi connectivity index (χ2v) is 5.78. The molecule has 27 heavy (non-hydrogen) atoms. The number of ketones is 1. The van der Waals surface area contributed by atoms with Crippen molar-refractivity contribution in [3.8, 4) is 22.6 Å². The highest BCUT2D eigenvalue weighted by Crippen LogP contribution is 2.24.